The molecule has 1 aromatic heterocycles. The van der Waals surface area contributed by atoms with Crippen molar-refractivity contribution in [3.63, 3.8) is 0 Å². The van der Waals surface area contributed by atoms with Crippen LogP contribution >= 0.6 is 0 Å². The highest BCUT2D eigenvalue weighted by Gasteiger charge is 2.16. The molecule has 1 aromatic rings. The summed E-state index contributed by atoms with van der Waals surface area (Å²) in [4.78, 5) is 26.7. The first-order valence-electron chi connectivity index (χ1n) is 6.55. The molecule has 0 spiro atoms. The van der Waals surface area contributed by atoms with Gasteiger partial charge in [0.2, 0.25) is 5.88 Å². The van der Waals surface area contributed by atoms with E-state index in [-0.39, 0.29) is 24.0 Å². The van der Waals surface area contributed by atoms with Crippen LogP contribution in [0.15, 0.2) is 29.9 Å². The molecule has 2 rings (SSSR count). The molecular formula is C15H17N3O3. The Bertz CT molecular complexity index is 648. The van der Waals surface area contributed by atoms with Crippen molar-refractivity contribution in [1.82, 2.24) is 14.9 Å². The zero-order chi connectivity index (χ0) is 15.4. The van der Waals surface area contributed by atoms with Crippen molar-refractivity contribution in [3.05, 3.63) is 41.4 Å². The van der Waals surface area contributed by atoms with Crippen LogP contribution in [0, 0.1) is 0 Å². The molecule has 0 bridgehead atoms. The monoisotopic (exact) mass is 287 g/mol. The Labute approximate surface area is 122 Å². The zero-order valence-electron chi connectivity index (χ0n) is 12.0. The summed E-state index contributed by atoms with van der Waals surface area (Å²) < 4.78 is 1.48. The summed E-state index contributed by atoms with van der Waals surface area (Å²) >= 11 is 0. The molecule has 1 aliphatic rings. The molecule has 0 aromatic carbocycles. The Morgan fingerprint density at radius 3 is 2.62 bits per heavy atom. The summed E-state index contributed by atoms with van der Waals surface area (Å²) in [5.41, 5.74) is 1.13. The van der Waals surface area contributed by atoms with Crippen LogP contribution in [0.25, 0.3) is 6.08 Å². The maximum Gasteiger partial charge on any atom is 0.219 e. The second-order valence-electron chi connectivity index (χ2n) is 4.77. The van der Waals surface area contributed by atoms with Crippen LogP contribution in [0.5, 0.6) is 5.88 Å². The number of rotatable bonds is 5. The van der Waals surface area contributed by atoms with Crippen LogP contribution in [0.2, 0.25) is 0 Å². The van der Waals surface area contributed by atoms with Gasteiger partial charge in [0.05, 0.1) is 13.1 Å². The number of nitrogens with zero attached hydrogens (tertiary/aromatic N) is 2. The van der Waals surface area contributed by atoms with Crippen LogP contribution in [-0.2, 0) is 22.7 Å². The average molecular weight is 287 g/mol. The molecule has 6 nitrogen and oxygen atoms in total. The van der Waals surface area contributed by atoms with Gasteiger partial charge in [-0.15, -0.1) is 0 Å². The number of ketones is 2. The number of Topliss-reactive ketones (excluding diaryl/α,β-unsaturated/α-hetero) is 1. The maximum atomic E-state index is 11.3. The summed E-state index contributed by atoms with van der Waals surface area (Å²) in [6, 6.07) is 0. The second kappa shape index (κ2) is 6.32. The molecule has 110 valence electrons. The number of hydrogen-bond donors (Lipinski definition) is 2. The highest BCUT2D eigenvalue weighted by Crippen LogP contribution is 2.23. The first kappa shape index (κ1) is 14.9. The molecule has 0 radical (unpaired) electrons. The molecule has 0 saturated carbocycles. The Hall–Kier alpha value is -2.47. The first-order valence-corrected chi connectivity index (χ1v) is 6.55. The van der Waals surface area contributed by atoms with Gasteiger partial charge in [0, 0.05) is 0 Å². The number of carbonyl (C=O) groups is 2. The minimum absolute atomic E-state index is 0.0540. The minimum Gasteiger partial charge on any atom is -0.493 e. The lowest BCUT2D eigenvalue weighted by Crippen LogP contribution is -2.15. The number of allylic oxidation sites excluding steroid dienone is 5. The number of hydrogen-bond acceptors (Lipinski definition) is 5. The Morgan fingerprint density at radius 1 is 1.38 bits per heavy atom. The van der Waals surface area contributed by atoms with Gasteiger partial charge in [-0.2, -0.15) is 0 Å². The van der Waals surface area contributed by atoms with Crippen LogP contribution < -0.4 is 5.32 Å². The Morgan fingerprint density at radius 2 is 2.05 bits per heavy atom. The molecule has 0 unspecified atom stereocenters. The lowest BCUT2D eigenvalue weighted by atomic mass is 10.1. The molecule has 0 atom stereocenters. The fourth-order valence-corrected chi connectivity index (χ4v) is 2.01. The van der Waals surface area contributed by atoms with Crippen molar-refractivity contribution in [1.29, 1.82) is 0 Å². The molecule has 6 heteroatoms. The normalized spacial score (nSPS) is 13.8. The Balaban J connectivity index is 2.38. The van der Waals surface area contributed by atoms with E-state index in [0.717, 1.165) is 5.57 Å². The standard InChI is InChI=1S/C15H17N3O3/c1-10(19)9-18-14(8-16-2)17-13(15(18)21)7-11-3-5-12(20)6-4-11/h3-7,16,21H,8-9H2,1-2H3. The minimum atomic E-state index is -0.0747. The van der Waals surface area contributed by atoms with E-state index in [1.54, 1.807) is 25.3 Å². The maximum absolute atomic E-state index is 11.3. The molecule has 0 saturated heterocycles. The SMILES string of the molecule is CNCc1nc(C=C2C=CC(=O)C=C2)c(O)n1CC(C)=O. The van der Waals surface area contributed by atoms with E-state index >= 15 is 0 Å². The van der Waals surface area contributed by atoms with Gasteiger partial charge in [0.1, 0.15) is 17.3 Å². The molecule has 1 heterocycles. The van der Waals surface area contributed by atoms with Gasteiger partial charge in [0.15, 0.2) is 5.78 Å². The molecule has 0 fully saturated rings. The van der Waals surface area contributed by atoms with Gasteiger partial charge in [0.25, 0.3) is 0 Å². The average Bonchev–Trinajstić information content (AvgIpc) is 2.70. The highest BCUT2D eigenvalue weighted by atomic mass is 16.3. The summed E-state index contributed by atoms with van der Waals surface area (Å²) in [5.74, 6) is 0.384. The van der Waals surface area contributed by atoms with Gasteiger partial charge in [-0.1, -0.05) is 12.2 Å². The third-order valence-corrected chi connectivity index (χ3v) is 2.95. The van der Waals surface area contributed by atoms with Crippen molar-refractivity contribution in [3.8, 4) is 5.88 Å². The predicted octanol–water partition coefficient (Wildman–Crippen LogP) is 0.976. The fraction of sp³-hybridized carbons (Fsp3) is 0.267. The molecule has 0 amide bonds. The van der Waals surface area contributed by atoms with Gasteiger partial charge < -0.3 is 10.4 Å². The topological polar surface area (TPSA) is 84.2 Å². The van der Waals surface area contributed by atoms with Gasteiger partial charge in [-0.25, -0.2) is 4.98 Å². The van der Waals surface area contributed by atoms with Crippen molar-refractivity contribution >= 4 is 17.6 Å². The van der Waals surface area contributed by atoms with Crippen molar-refractivity contribution < 1.29 is 14.7 Å². The van der Waals surface area contributed by atoms with Crippen molar-refractivity contribution in [2.45, 2.75) is 20.0 Å². The largest absolute Gasteiger partial charge is 0.493 e. The van der Waals surface area contributed by atoms with E-state index < -0.39 is 0 Å². The van der Waals surface area contributed by atoms with Gasteiger partial charge in [-0.3, -0.25) is 14.2 Å². The zero-order valence-corrected chi connectivity index (χ0v) is 12.0. The van der Waals surface area contributed by atoms with Crippen molar-refractivity contribution in [2.24, 2.45) is 0 Å². The first-order chi connectivity index (χ1) is 10.0. The smallest absolute Gasteiger partial charge is 0.219 e. The van der Waals surface area contributed by atoms with E-state index in [0.29, 0.717) is 18.1 Å². The number of imidazole rings is 1. The molecule has 0 aliphatic heterocycles. The lowest BCUT2D eigenvalue weighted by molar-refractivity contribution is -0.117. The molecule has 2 N–H and O–H groups in total. The summed E-state index contributed by atoms with van der Waals surface area (Å²) in [6.07, 6.45) is 7.88. The second-order valence-corrected chi connectivity index (χ2v) is 4.77. The van der Waals surface area contributed by atoms with E-state index in [2.05, 4.69) is 10.3 Å². The number of aromatic nitrogens is 2. The lowest BCUT2D eigenvalue weighted by Gasteiger charge is -2.05. The molecule has 21 heavy (non-hydrogen) atoms. The third kappa shape index (κ3) is 3.55. The quantitative estimate of drug-likeness (QED) is 0.843. The van der Waals surface area contributed by atoms with Gasteiger partial charge >= 0.3 is 0 Å². The predicted molar refractivity (Wildman–Crippen MR) is 78.6 cm³/mol. The van der Waals surface area contributed by atoms with E-state index in [9.17, 15) is 14.7 Å². The van der Waals surface area contributed by atoms with Crippen LogP contribution in [-0.4, -0.2) is 33.3 Å². The summed E-state index contributed by atoms with van der Waals surface area (Å²) in [5, 5.41) is 13.2. The van der Waals surface area contributed by atoms with E-state index in [4.69, 9.17) is 0 Å². The number of carbonyl (C=O) groups excluding carboxylic acids is 2. The summed E-state index contributed by atoms with van der Waals surface area (Å²) in [7, 11) is 1.76. The van der Waals surface area contributed by atoms with Gasteiger partial charge in [-0.05, 0) is 37.8 Å². The molecule has 1 aliphatic carbocycles. The van der Waals surface area contributed by atoms with E-state index in [1.807, 2.05) is 0 Å². The number of aromatic hydroxyl groups is 1. The van der Waals surface area contributed by atoms with Crippen molar-refractivity contribution in [2.75, 3.05) is 7.05 Å². The fourth-order valence-electron chi connectivity index (χ4n) is 2.01. The van der Waals surface area contributed by atoms with Crippen LogP contribution in [0.1, 0.15) is 18.4 Å². The van der Waals surface area contributed by atoms with Crippen LogP contribution in [0.3, 0.4) is 0 Å². The highest BCUT2D eigenvalue weighted by molar-refractivity contribution is 6.01. The number of nitrogens with one attached hydrogen (secondary N) is 1. The van der Waals surface area contributed by atoms with Crippen LogP contribution in [0.4, 0.5) is 0 Å². The summed E-state index contributed by atoms with van der Waals surface area (Å²) in [6.45, 7) is 1.97. The van der Waals surface area contributed by atoms with E-state index in [1.165, 1.54) is 23.6 Å². The molecular weight excluding hydrogens is 270 g/mol. The Kier molecular flexibility index (Phi) is 4.49. The third-order valence-electron chi connectivity index (χ3n) is 2.95.